The summed E-state index contributed by atoms with van der Waals surface area (Å²) in [7, 11) is -2.30. The number of rotatable bonds is 11. The Balaban J connectivity index is 2.09. The summed E-state index contributed by atoms with van der Waals surface area (Å²) >= 11 is 0. The maximum atomic E-state index is 13.0. The van der Waals surface area contributed by atoms with Gasteiger partial charge in [-0.2, -0.15) is 0 Å². The second-order valence-corrected chi connectivity index (χ2v) is 15.4. The van der Waals surface area contributed by atoms with Crippen molar-refractivity contribution in [3.8, 4) is 0 Å². The maximum Gasteiger partial charge on any atom is 0.133 e. The van der Waals surface area contributed by atoms with Gasteiger partial charge < -0.3 is 0 Å². The minimum atomic E-state index is -2.30. The maximum absolute atomic E-state index is 13.0. The fourth-order valence-corrected chi connectivity index (χ4v) is 10.8. The second-order valence-electron chi connectivity index (χ2n) is 10.5. The van der Waals surface area contributed by atoms with E-state index < -0.39 is 8.07 Å². The van der Waals surface area contributed by atoms with Crippen molar-refractivity contribution in [2.24, 2.45) is 0 Å². The zero-order chi connectivity index (χ0) is 24.6. The molecule has 3 aromatic rings. The highest BCUT2D eigenvalue weighted by atomic mass is 28.3. The first-order valence-electron chi connectivity index (χ1n) is 12.6. The lowest BCUT2D eigenvalue weighted by Crippen LogP contribution is -2.64. The number of carbonyl (C=O) groups excluding carboxylic acids is 1. The monoisotopic (exact) mass is 468 g/mol. The Bertz CT molecular complexity index is 1010. The summed E-state index contributed by atoms with van der Waals surface area (Å²) in [5, 5.41) is 2.92. The highest BCUT2D eigenvalue weighted by Crippen LogP contribution is 2.43. The van der Waals surface area contributed by atoms with Crippen LogP contribution in [-0.4, -0.2) is 13.9 Å². The molecule has 0 saturated heterocycles. The molecule has 0 aliphatic rings. The predicted molar refractivity (Wildman–Crippen MR) is 150 cm³/mol. The van der Waals surface area contributed by atoms with E-state index in [4.69, 9.17) is 6.58 Å². The van der Waals surface area contributed by atoms with Crippen LogP contribution in [0.25, 0.3) is 0 Å². The first-order valence-corrected chi connectivity index (χ1v) is 14.9. The van der Waals surface area contributed by atoms with Crippen molar-refractivity contribution in [3.05, 3.63) is 109 Å². The number of ketones is 1. The third kappa shape index (κ3) is 5.85. The number of benzene rings is 3. The fourth-order valence-electron chi connectivity index (χ4n) is 5.30. The van der Waals surface area contributed by atoms with Crippen molar-refractivity contribution in [2.75, 3.05) is 0 Å². The number of hydrogen-bond donors (Lipinski definition) is 0. The summed E-state index contributed by atoms with van der Waals surface area (Å²) in [5.41, 5.74) is 2.39. The molecule has 3 rings (SSSR count). The summed E-state index contributed by atoms with van der Waals surface area (Å²) in [6.07, 6.45) is 3.21. The summed E-state index contributed by atoms with van der Waals surface area (Å²) < 4.78 is 0. The SMILES string of the molecule is C=C(C[Si](c1ccccc1)(c1ccccc1)C(C)(C)C)C(CC(=O)CCCC)c1ccccc1. The first-order chi connectivity index (χ1) is 16.3. The Morgan fingerprint density at radius 3 is 1.74 bits per heavy atom. The highest BCUT2D eigenvalue weighted by molar-refractivity contribution is 7.04. The molecule has 1 unspecified atom stereocenters. The van der Waals surface area contributed by atoms with Crippen molar-refractivity contribution in [2.45, 2.75) is 70.4 Å². The van der Waals surface area contributed by atoms with Crippen LogP contribution in [0.1, 0.15) is 64.9 Å². The van der Waals surface area contributed by atoms with Crippen molar-refractivity contribution < 1.29 is 4.79 Å². The van der Waals surface area contributed by atoms with Gasteiger partial charge in [0.25, 0.3) is 0 Å². The summed E-state index contributed by atoms with van der Waals surface area (Å²) in [6, 6.07) is 33.5. The Morgan fingerprint density at radius 1 is 0.824 bits per heavy atom. The standard InChI is InChI=1S/C32H40OSi/c1-6-7-19-28(33)24-31(27-17-11-8-12-18-27)26(2)25-34(32(3,4)5,29-20-13-9-14-21-29)30-22-15-10-16-23-30/h8-18,20-23,31H,2,6-7,19,24-25H2,1,3-5H3. The van der Waals surface area contributed by atoms with Crippen LogP contribution in [0, 0.1) is 0 Å². The van der Waals surface area contributed by atoms with E-state index in [2.05, 4.69) is 113 Å². The number of carbonyl (C=O) groups is 1. The van der Waals surface area contributed by atoms with Gasteiger partial charge in [-0.3, -0.25) is 4.79 Å². The van der Waals surface area contributed by atoms with Crippen LogP contribution in [0.15, 0.2) is 103 Å². The molecule has 0 N–H and O–H groups in total. The second kappa shape index (κ2) is 11.6. The zero-order valence-electron chi connectivity index (χ0n) is 21.4. The Labute approximate surface area is 208 Å². The largest absolute Gasteiger partial charge is 0.300 e. The lowest BCUT2D eigenvalue weighted by atomic mass is 9.87. The number of hydrogen-bond acceptors (Lipinski definition) is 1. The molecule has 2 heteroatoms. The van der Waals surface area contributed by atoms with Crippen LogP contribution in [0.3, 0.4) is 0 Å². The van der Waals surface area contributed by atoms with E-state index in [0.717, 1.165) is 18.9 Å². The number of unbranched alkanes of at least 4 members (excludes halogenated alkanes) is 1. The van der Waals surface area contributed by atoms with E-state index in [1.165, 1.54) is 21.5 Å². The molecule has 0 amide bonds. The number of Topliss-reactive ketones (excluding diaryl/α,β-unsaturated/α-hetero) is 1. The molecule has 0 radical (unpaired) electrons. The van der Waals surface area contributed by atoms with E-state index in [0.29, 0.717) is 18.6 Å². The van der Waals surface area contributed by atoms with Gasteiger partial charge >= 0.3 is 0 Å². The van der Waals surface area contributed by atoms with E-state index in [1.54, 1.807) is 0 Å². The topological polar surface area (TPSA) is 17.1 Å². The molecule has 3 aromatic carbocycles. The van der Waals surface area contributed by atoms with Crippen molar-refractivity contribution in [1.29, 1.82) is 0 Å². The molecule has 0 fully saturated rings. The molecule has 0 aromatic heterocycles. The average Bonchev–Trinajstić information content (AvgIpc) is 2.85. The molecule has 0 aliphatic heterocycles. The van der Waals surface area contributed by atoms with Gasteiger partial charge in [0.15, 0.2) is 0 Å². The van der Waals surface area contributed by atoms with E-state index in [1.807, 2.05) is 6.07 Å². The lowest BCUT2D eigenvalue weighted by molar-refractivity contribution is -0.119. The van der Waals surface area contributed by atoms with Crippen LogP contribution in [0.5, 0.6) is 0 Å². The minimum Gasteiger partial charge on any atom is -0.300 e. The van der Waals surface area contributed by atoms with Gasteiger partial charge in [0, 0.05) is 18.8 Å². The van der Waals surface area contributed by atoms with Crippen LogP contribution < -0.4 is 10.4 Å². The Kier molecular flexibility index (Phi) is 8.85. The molecule has 0 bridgehead atoms. The van der Waals surface area contributed by atoms with Crippen molar-refractivity contribution in [1.82, 2.24) is 0 Å². The van der Waals surface area contributed by atoms with Gasteiger partial charge in [0.2, 0.25) is 0 Å². The molecule has 178 valence electrons. The summed E-state index contributed by atoms with van der Waals surface area (Å²) in [6.45, 7) is 14.0. The highest BCUT2D eigenvalue weighted by Gasteiger charge is 2.48. The minimum absolute atomic E-state index is 0.0483. The third-order valence-corrected chi connectivity index (χ3v) is 13.4. The molecule has 0 heterocycles. The Morgan fingerprint density at radius 2 is 1.29 bits per heavy atom. The van der Waals surface area contributed by atoms with E-state index >= 15 is 0 Å². The summed E-state index contributed by atoms with van der Waals surface area (Å²) in [4.78, 5) is 13.0. The molecular weight excluding hydrogens is 428 g/mol. The number of allylic oxidation sites excluding steroid dienone is 1. The van der Waals surface area contributed by atoms with Crippen LogP contribution in [-0.2, 0) is 4.79 Å². The lowest BCUT2D eigenvalue weighted by Gasteiger charge is -2.45. The van der Waals surface area contributed by atoms with Crippen LogP contribution in [0.4, 0.5) is 0 Å². The molecule has 1 atom stereocenters. The smallest absolute Gasteiger partial charge is 0.133 e. The van der Waals surface area contributed by atoms with Gasteiger partial charge in [0.1, 0.15) is 13.9 Å². The molecular formula is C32H40OSi. The van der Waals surface area contributed by atoms with E-state index in [9.17, 15) is 4.79 Å². The normalized spacial score (nSPS) is 12.8. The first kappa shape index (κ1) is 25.9. The predicted octanol–water partition coefficient (Wildman–Crippen LogP) is 7.54. The van der Waals surface area contributed by atoms with Gasteiger partial charge in [-0.25, -0.2) is 0 Å². The summed E-state index contributed by atoms with van der Waals surface area (Å²) in [5.74, 6) is 0.395. The molecule has 1 nitrogen and oxygen atoms in total. The quantitative estimate of drug-likeness (QED) is 0.210. The van der Waals surface area contributed by atoms with Gasteiger partial charge in [0.05, 0.1) is 0 Å². The van der Waals surface area contributed by atoms with Gasteiger partial charge in [-0.05, 0) is 23.1 Å². The van der Waals surface area contributed by atoms with E-state index in [-0.39, 0.29) is 11.0 Å². The zero-order valence-corrected chi connectivity index (χ0v) is 22.4. The molecule has 34 heavy (non-hydrogen) atoms. The molecule has 0 spiro atoms. The Hall–Kier alpha value is -2.71. The molecule has 0 saturated carbocycles. The average molecular weight is 469 g/mol. The van der Waals surface area contributed by atoms with Crippen LogP contribution >= 0.6 is 0 Å². The van der Waals surface area contributed by atoms with Gasteiger partial charge in [-0.15, -0.1) is 0 Å². The van der Waals surface area contributed by atoms with Crippen LogP contribution in [0.2, 0.25) is 11.1 Å². The fraction of sp³-hybridized carbons (Fsp3) is 0.344. The van der Waals surface area contributed by atoms with Gasteiger partial charge in [-0.1, -0.05) is 148 Å². The van der Waals surface area contributed by atoms with Crippen molar-refractivity contribution in [3.63, 3.8) is 0 Å². The third-order valence-electron chi connectivity index (χ3n) is 7.24. The molecule has 0 aliphatic carbocycles. The van der Waals surface area contributed by atoms with Crippen molar-refractivity contribution >= 4 is 24.2 Å².